The minimum atomic E-state index is -4.50. The largest absolute Gasteiger partial charge is 0.461 e. The maximum Gasteiger partial charge on any atom is 0.416 e. The normalized spacial score (nSPS) is 11.1. The van der Waals surface area contributed by atoms with E-state index in [-0.39, 0.29) is 30.7 Å². The van der Waals surface area contributed by atoms with E-state index in [2.05, 4.69) is 5.32 Å². The Kier molecular flexibility index (Phi) is 6.49. The summed E-state index contributed by atoms with van der Waals surface area (Å²) in [4.78, 5) is 23.3. The zero-order valence-electron chi connectivity index (χ0n) is 13.8. The molecule has 0 aliphatic rings. The topological polar surface area (TPSA) is 55.4 Å². The van der Waals surface area contributed by atoms with Gasteiger partial charge in [0, 0.05) is 12.6 Å². The lowest BCUT2D eigenvalue weighted by molar-refractivity contribution is -0.144. The van der Waals surface area contributed by atoms with Crippen molar-refractivity contribution in [1.29, 1.82) is 0 Å². The second kappa shape index (κ2) is 8.61. The number of alkyl halides is 3. The summed E-state index contributed by atoms with van der Waals surface area (Å²) in [7, 11) is 0. The van der Waals surface area contributed by atoms with Crippen molar-refractivity contribution in [2.24, 2.45) is 0 Å². The van der Waals surface area contributed by atoms with Crippen LogP contribution >= 0.6 is 0 Å². The van der Waals surface area contributed by atoms with Gasteiger partial charge in [0.1, 0.15) is 18.2 Å². The van der Waals surface area contributed by atoms with Gasteiger partial charge in [-0.15, -0.1) is 0 Å². The molecular formula is C18H14F5NO3. The minimum absolute atomic E-state index is 0.163. The van der Waals surface area contributed by atoms with Crippen molar-refractivity contribution >= 4 is 11.9 Å². The minimum Gasteiger partial charge on any atom is -0.461 e. The lowest BCUT2D eigenvalue weighted by atomic mass is 10.1. The fourth-order valence-electron chi connectivity index (χ4n) is 2.12. The molecule has 9 heteroatoms. The molecule has 0 aliphatic carbocycles. The van der Waals surface area contributed by atoms with Crippen LogP contribution in [-0.4, -0.2) is 18.4 Å². The van der Waals surface area contributed by atoms with Gasteiger partial charge in [-0.1, -0.05) is 12.1 Å². The van der Waals surface area contributed by atoms with Crippen LogP contribution in [0.1, 0.15) is 27.9 Å². The molecular weight excluding hydrogens is 373 g/mol. The van der Waals surface area contributed by atoms with Crippen molar-refractivity contribution in [1.82, 2.24) is 5.32 Å². The van der Waals surface area contributed by atoms with Crippen LogP contribution in [-0.2, 0) is 22.3 Å². The summed E-state index contributed by atoms with van der Waals surface area (Å²) >= 11 is 0. The molecule has 0 radical (unpaired) electrons. The summed E-state index contributed by atoms with van der Waals surface area (Å²) in [6.45, 7) is -0.541. The standard InChI is InChI=1S/C18H14F5NO3/c19-13-4-5-14(15(20)9-13)17(26)24-7-6-16(25)27-10-11-2-1-3-12(8-11)18(21,22)23/h1-5,8-9H,6-7,10H2,(H,24,26). The molecule has 0 aromatic heterocycles. The van der Waals surface area contributed by atoms with Crippen LogP contribution in [0.3, 0.4) is 0 Å². The Hall–Kier alpha value is -2.97. The van der Waals surface area contributed by atoms with Gasteiger partial charge in [-0.2, -0.15) is 13.2 Å². The molecule has 0 aliphatic heterocycles. The van der Waals surface area contributed by atoms with Gasteiger partial charge in [-0.05, 0) is 29.8 Å². The zero-order chi connectivity index (χ0) is 20.0. The molecule has 1 N–H and O–H groups in total. The third-order valence-corrected chi connectivity index (χ3v) is 3.44. The Labute approximate surface area is 150 Å². The fourth-order valence-corrected chi connectivity index (χ4v) is 2.12. The Bertz CT molecular complexity index is 836. The van der Waals surface area contributed by atoms with Gasteiger partial charge < -0.3 is 10.1 Å². The van der Waals surface area contributed by atoms with Crippen LogP contribution in [0, 0.1) is 11.6 Å². The molecule has 0 atom stereocenters. The van der Waals surface area contributed by atoms with Crippen LogP contribution in [0.2, 0.25) is 0 Å². The monoisotopic (exact) mass is 387 g/mol. The number of benzene rings is 2. The summed E-state index contributed by atoms with van der Waals surface area (Å²) in [5, 5.41) is 2.27. The molecule has 144 valence electrons. The second-order valence-electron chi connectivity index (χ2n) is 5.49. The average molecular weight is 387 g/mol. The van der Waals surface area contributed by atoms with Gasteiger partial charge in [0.2, 0.25) is 0 Å². The van der Waals surface area contributed by atoms with Crippen LogP contribution in [0.25, 0.3) is 0 Å². The Morgan fingerprint density at radius 2 is 1.78 bits per heavy atom. The van der Waals surface area contributed by atoms with Gasteiger partial charge in [-0.25, -0.2) is 8.78 Å². The lowest BCUT2D eigenvalue weighted by Gasteiger charge is -2.10. The molecule has 27 heavy (non-hydrogen) atoms. The predicted octanol–water partition coefficient (Wildman–Crippen LogP) is 3.85. The van der Waals surface area contributed by atoms with Crippen molar-refractivity contribution in [3.63, 3.8) is 0 Å². The van der Waals surface area contributed by atoms with Crippen molar-refractivity contribution < 1.29 is 36.3 Å². The third-order valence-electron chi connectivity index (χ3n) is 3.44. The first-order valence-corrected chi connectivity index (χ1v) is 7.72. The summed E-state index contributed by atoms with van der Waals surface area (Å²) in [5.41, 5.74) is -1.08. The molecule has 2 aromatic rings. The van der Waals surface area contributed by atoms with E-state index in [1.165, 1.54) is 12.1 Å². The van der Waals surface area contributed by atoms with Crippen molar-refractivity contribution in [2.45, 2.75) is 19.2 Å². The highest BCUT2D eigenvalue weighted by Crippen LogP contribution is 2.29. The van der Waals surface area contributed by atoms with Gasteiger partial charge in [0.05, 0.1) is 17.5 Å². The predicted molar refractivity (Wildman–Crippen MR) is 84.5 cm³/mol. The molecule has 0 spiro atoms. The quantitative estimate of drug-likeness (QED) is 0.605. The molecule has 2 aromatic carbocycles. The number of ether oxygens (including phenoxy) is 1. The van der Waals surface area contributed by atoms with Crippen LogP contribution < -0.4 is 5.32 Å². The molecule has 2 rings (SSSR count). The number of carbonyl (C=O) groups is 2. The number of halogens is 5. The first kappa shape index (κ1) is 20.3. The molecule has 4 nitrogen and oxygen atoms in total. The van der Waals surface area contributed by atoms with Crippen LogP contribution in [0.15, 0.2) is 42.5 Å². The lowest BCUT2D eigenvalue weighted by Crippen LogP contribution is -2.27. The smallest absolute Gasteiger partial charge is 0.416 e. The van der Waals surface area contributed by atoms with Crippen molar-refractivity contribution in [3.8, 4) is 0 Å². The molecule has 0 saturated heterocycles. The molecule has 0 saturated carbocycles. The van der Waals surface area contributed by atoms with Crippen LogP contribution in [0.4, 0.5) is 22.0 Å². The number of nitrogens with one attached hydrogen (secondary N) is 1. The van der Waals surface area contributed by atoms with Gasteiger partial charge in [0.15, 0.2) is 0 Å². The zero-order valence-corrected chi connectivity index (χ0v) is 13.8. The van der Waals surface area contributed by atoms with Gasteiger partial charge in [-0.3, -0.25) is 9.59 Å². The van der Waals surface area contributed by atoms with Crippen LogP contribution in [0.5, 0.6) is 0 Å². The van der Waals surface area contributed by atoms with E-state index < -0.39 is 35.3 Å². The summed E-state index contributed by atoms with van der Waals surface area (Å²) in [5.74, 6) is -3.47. The van der Waals surface area contributed by atoms with E-state index in [4.69, 9.17) is 4.74 Å². The number of rotatable bonds is 6. The van der Waals surface area contributed by atoms with E-state index in [9.17, 15) is 31.5 Å². The summed E-state index contributed by atoms with van der Waals surface area (Å²) in [6, 6.07) is 6.78. The van der Waals surface area contributed by atoms with Gasteiger partial charge >= 0.3 is 12.1 Å². The number of hydrogen-bond acceptors (Lipinski definition) is 3. The van der Waals surface area contributed by atoms with Gasteiger partial charge in [0.25, 0.3) is 5.91 Å². The molecule has 0 unspecified atom stereocenters. The van der Waals surface area contributed by atoms with E-state index in [1.807, 2.05) is 0 Å². The molecule has 0 fully saturated rings. The van der Waals surface area contributed by atoms with E-state index in [0.29, 0.717) is 6.07 Å². The number of hydrogen-bond donors (Lipinski definition) is 1. The summed E-state index contributed by atoms with van der Waals surface area (Å²) in [6.07, 6.45) is -4.77. The van der Waals surface area contributed by atoms with E-state index in [0.717, 1.165) is 24.3 Å². The van der Waals surface area contributed by atoms with Crippen molar-refractivity contribution in [2.75, 3.05) is 6.54 Å². The highest BCUT2D eigenvalue weighted by molar-refractivity contribution is 5.94. The van der Waals surface area contributed by atoms with E-state index in [1.54, 1.807) is 0 Å². The molecule has 0 bridgehead atoms. The Morgan fingerprint density at radius 1 is 1.04 bits per heavy atom. The number of esters is 1. The third kappa shape index (κ3) is 6.05. The van der Waals surface area contributed by atoms with E-state index >= 15 is 0 Å². The summed E-state index contributed by atoms with van der Waals surface area (Å²) < 4.78 is 68.9. The highest BCUT2D eigenvalue weighted by Gasteiger charge is 2.30. The SMILES string of the molecule is O=C(CCNC(=O)c1ccc(F)cc1F)OCc1cccc(C(F)(F)F)c1. The Morgan fingerprint density at radius 3 is 2.44 bits per heavy atom. The first-order chi connectivity index (χ1) is 12.7. The second-order valence-corrected chi connectivity index (χ2v) is 5.49. The number of carbonyl (C=O) groups excluding carboxylic acids is 2. The average Bonchev–Trinajstić information content (AvgIpc) is 2.59. The maximum atomic E-state index is 13.4. The highest BCUT2D eigenvalue weighted by atomic mass is 19.4. The molecule has 1 amide bonds. The Balaban J connectivity index is 1.79. The first-order valence-electron chi connectivity index (χ1n) is 7.72. The maximum absolute atomic E-state index is 13.4. The van der Waals surface area contributed by atoms with Crippen molar-refractivity contribution in [3.05, 3.63) is 70.8 Å². The fraction of sp³-hybridized carbons (Fsp3) is 0.222. The molecule has 0 heterocycles. The number of amides is 1.